The Labute approximate surface area is 112 Å². The minimum Gasteiger partial charge on any atom is -0.467 e. The van der Waals surface area contributed by atoms with Gasteiger partial charge in [-0.3, -0.25) is 0 Å². The Kier molecular flexibility index (Phi) is 3.37. The summed E-state index contributed by atoms with van der Waals surface area (Å²) in [5.41, 5.74) is 0. The van der Waals surface area contributed by atoms with Gasteiger partial charge in [-0.1, -0.05) is 0 Å². The minimum atomic E-state index is 0.314. The Morgan fingerprint density at radius 3 is 3.00 bits per heavy atom. The van der Waals surface area contributed by atoms with Gasteiger partial charge in [-0.2, -0.15) is 15.0 Å². The summed E-state index contributed by atoms with van der Waals surface area (Å²) >= 11 is 0. The maximum absolute atomic E-state index is 5.81. The van der Waals surface area contributed by atoms with E-state index in [0.29, 0.717) is 30.1 Å². The van der Waals surface area contributed by atoms with Gasteiger partial charge < -0.3 is 19.7 Å². The summed E-state index contributed by atoms with van der Waals surface area (Å²) in [5, 5.41) is 2.94. The fourth-order valence-electron chi connectivity index (χ4n) is 2.85. The van der Waals surface area contributed by atoms with Crippen molar-refractivity contribution in [2.75, 3.05) is 37.5 Å². The quantitative estimate of drug-likeness (QED) is 0.861. The fourth-order valence-corrected chi connectivity index (χ4v) is 2.85. The smallest absolute Gasteiger partial charge is 0.322 e. The minimum absolute atomic E-state index is 0.314. The lowest BCUT2D eigenvalue weighted by atomic mass is 10.1. The topological polar surface area (TPSA) is 72.4 Å². The van der Waals surface area contributed by atoms with Gasteiger partial charge in [-0.25, -0.2) is 0 Å². The van der Waals surface area contributed by atoms with Crippen LogP contribution in [0.15, 0.2) is 0 Å². The maximum Gasteiger partial charge on any atom is 0.322 e. The zero-order valence-electron chi connectivity index (χ0n) is 11.3. The van der Waals surface area contributed by atoms with Crippen molar-refractivity contribution in [2.45, 2.75) is 31.4 Å². The molecule has 2 atom stereocenters. The number of hydrogen-bond acceptors (Lipinski definition) is 7. The molecule has 2 unspecified atom stereocenters. The van der Waals surface area contributed by atoms with Gasteiger partial charge in [-0.05, 0) is 19.3 Å². The number of nitrogens with zero attached hydrogens (tertiary/aromatic N) is 4. The molecule has 1 N–H and O–H groups in total. The molecule has 7 nitrogen and oxygen atoms in total. The van der Waals surface area contributed by atoms with Gasteiger partial charge in [0.05, 0.1) is 25.9 Å². The number of fused-ring (bicyclic) bond motifs is 1. The molecule has 1 aliphatic heterocycles. The van der Waals surface area contributed by atoms with Crippen molar-refractivity contribution in [1.29, 1.82) is 0 Å². The third kappa shape index (κ3) is 2.30. The highest BCUT2D eigenvalue weighted by molar-refractivity contribution is 5.40. The first kappa shape index (κ1) is 12.4. The van der Waals surface area contributed by atoms with E-state index in [2.05, 4.69) is 25.2 Å². The third-order valence-electron chi connectivity index (χ3n) is 3.75. The highest BCUT2D eigenvalue weighted by atomic mass is 16.5. The van der Waals surface area contributed by atoms with E-state index in [1.807, 2.05) is 0 Å². The predicted molar refractivity (Wildman–Crippen MR) is 70.7 cm³/mol. The lowest BCUT2D eigenvalue weighted by Crippen LogP contribution is -2.49. The van der Waals surface area contributed by atoms with E-state index in [0.717, 1.165) is 26.0 Å². The van der Waals surface area contributed by atoms with E-state index in [-0.39, 0.29) is 0 Å². The van der Waals surface area contributed by atoms with E-state index in [1.165, 1.54) is 6.42 Å². The molecular formula is C12H19N5O2. The van der Waals surface area contributed by atoms with Crippen molar-refractivity contribution in [3.63, 3.8) is 0 Å². The molecule has 104 valence electrons. The van der Waals surface area contributed by atoms with Crippen molar-refractivity contribution in [1.82, 2.24) is 15.0 Å². The Bertz CT molecular complexity index is 433. The molecule has 2 heterocycles. The fraction of sp³-hybridized carbons (Fsp3) is 0.750. The monoisotopic (exact) mass is 265 g/mol. The largest absolute Gasteiger partial charge is 0.467 e. The molecule has 19 heavy (non-hydrogen) atoms. The van der Waals surface area contributed by atoms with Gasteiger partial charge in [0, 0.05) is 13.6 Å². The second-order valence-corrected chi connectivity index (χ2v) is 4.80. The van der Waals surface area contributed by atoms with Crippen molar-refractivity contribution < 1.29 is 9.47 Å². The summed E-state index contributed by atoms with van der Waals surface area (Å²) in [6.07, 6.45) is 3.78. The molecule has 1 aliphatic carbocycles. The highest BCUT2D eigenvalue weighted by Crippen LogP contribution is 2.32. The number of anilines is 2. The zero-order chi connectivity index (χ0) is 13.2. The van der Waals surface area contributed by atoms with Crippen LogP contribution in [0.5, 0.6) is 6.01 Å². The van der Waals surface area contributed by atoms with Crippen LogP contribution in [0.4, 0.5) is 11.9 Å². The molecule has 1 aromatic heterocycles. The molecule has 0 radical (unpaired) electrons. The summed E-state index contributed by atoms with van der Waals surface area (Å²) < 4.78 is 10.9. The van der Waals surface area contributed by atoms with Crippen molar-refractivity contribution in [3.8, 4) is 6.01 Å². The van der Waals surface area contributed by atoms with Crippen LogP contribution in [0.25, 0.3) is 0 Å². The Morgan fingerprint density at radius 2 is 2.21 bits per heavy atom. The van der Waals surface area contributed by atoms with Gasteiger partial charge in [0.25, 0.3) is 0 Å². The molecular weight excluding hydrogens is 246 g/mol. The number of morpholine rings is 1. The average Bonchev–Trinajstić information content (AvgIpc) is 2.94. The summed E-state index contributed by atoms with van der Waals surface area (Å²) in [6.45, 7) is 1.54. The van der Waals surface area contributed by atoms with Gasteiger partial charge in [0.15, 0.2) is 0 Å². The SMILES string of the molecule is CNc1nc(OC)nc(N2CCOC3CCCC32)n1. The normalized spacial score (nSPS) is 26.1. The molecule has 1 saturated heterocycles. The summed E-state index contributed by atoms with van der Waals surface area (Å²) in [6, 6.07) is 0.723. The van der Waals surface area contributed by atoms with E-state index in [9.17, 15) is 0 Å². The van der Waals surface area contributed by atoms with E-state index < -0.39 is 0 Å². The van der Waals surface area contributed by atoms with E-state index in [1.54, 1.807) is 14.2 Å². The molecule has 3 rings (SSSR count). The summed E-state index contributed by atoms with van der Waals surface area (Å²) in [5.74, 6) is 1.21. The summed E-state index contributed by atoms with van der Waals surface area (Å²) in [7, 11) is 3.35. The Hall–Kier alpha value is -1.63. The standard InChI is InChI=1S/C12H19N5O2/c1-13-10-14-11(16-12(15-10)18-2)17-6-7-19-9-5-3-4-8(9)17/h8-9H,3-7H2,1-2H3,(H,13,14,15,16). The van der Waals surface area contributed by atoms with Gasteiger partial charge in [0.2, 0.25) is 11.9 Å². The van der Waals surface area contributed by atoms with Crippen LogP contribution in [0.1, 0.15) is 19.3 Å². The molecule has 0 spiro atoms. The maximum atomic E-state index is 5.81. The zero-order valence-corrected chi connectivity index (χ0v) is 11.3. The van der Waals surface area contributed by atoms with E-state index in [4.69, 9.17) is 9.47 Å². The number of hydrogen-bond donors (Lipinski definition) is 1. The first-order valence-corrected chi connectivity index (χ1v) is 6.68. The molecule has 2 aliphatic rings. The second kappa shape index (κ2) is 5.16. The number of methoxy groups -OCH3 is 1. The Balaban J connectivity index is 1.91. The lowest BCUT2D eigenvalue weighted by Gasteiger charge is -2.37. The first-order chi connectivity index (χ1) is 9.31. The van der Waals surface area contributed by atoms with Crippen LogP contribution in [0.3, 0.4) is 0 Å². The highest BCUT2D eigenvalue weighted by Gasteiger charge is 2.37. The lowest BCUT2D eigenvalue weighted by molar-refractivity contribution is 0.0249. The van der Waals surface area contributed by atoms with Crippen LogP contribution >= 0.6 is 0 Å². The predicted octanol–water partition coefficient (Wildman–Crippen LogP) is 0.680. The van der Waals surface area contributed by atoms with Crippen molar-refractivity contribution >= 4 is 11.9 Å². The number of rotatable bonds is 3. The number of nitrogens with one attached hydrogen (secondary N) is 1. The van der Waals surface area contributed by atoms with Crippen LogP contribution < -0.4 is 15.0 Å². The number of ether oxygens (including phenoxy) is 2. The Morgan fingerprint density at radius 1 is 1.32 bits per heavy atom. The van der Waals surface area contributed by atoms with E-state index >= 15 is 0 Å². The number of aromatic nitrogens is 3. The van der Waals surface area contributed by atoms with Crippen molar-refractivity contribution in [3.05, 3.63) is 0 Å². The summed E-state index contributed by atoms with van der Waals surface area (Å²) in [4.78, 5) is 15.2. The first-order valence-electron chi connectivity index (χ1n) is 6.68. The molecule has 0 amide bonds. The average molecular weight is 265 g/mol. The van der Waals surface area contributed by atoms with Gasteiger partial charge in [0.1, 0.15) is 0 Å². The molecule has 7 heteroatoms. The molecule has 1 aromatic rings. The molecule has 0 bridgehead atoms. The molecule has 1 saturated carbocycles. The van der Waals surface area contributed by atoms with Crippen LogP contribution in [-0.4, -0.2) is 54.4 Å². The van der Waals surface area contributed by atoms with Crippen molar-refractivity contribution in [2.24, 2.45) is 0 Å². The third-order valence-corrected chi connectivity index (χ3v) is 3.75. The molecule has 0 aromatic carbocycles. The second-order valence-electron chi connectivity index (χ2n) is 4.80. The molecule has 2 fully saturated rings. The van der Waals surface area contributed by atoms with Gasteiger partial charge >= 0.3 is 6.01 Å². The van der Waals surface area contributed by atoms with Crippen LogP contribution in [0.2, 0.25) is 0 Å². The van der Waals surface area contributed by atoms with Gasteiger partial charge in [-0.15, -0.1) is 0 Å². The van der Waals surface area contributed by atoms with Crippen LogP contribution in [-0.2, 0) is 4.74 Å². The van der Waals surface area contributed by atoms with Crippen LogP contribution in [0, 0.1) is 0 Å².